The van der Waals surface area contributed by atoms with Crippen LogP contribution in [0, 0.1) is 11.8 Å². The van der Waals surface area contributed by atoms with Gasteiger partial charge in [0.2, 0.25) is 5.91 Å². The highest BCUT2D eigenvalue weighted by molar-refractivity contribution is 5.84. The fraction of sp³-hybridized carbons (Fsp3) is 0.938. The van der Waals surface area contributed by atoms with E-state index < -0.39 is 0 Å². The van der Waals surface area contributed by atoms with E-state index in [4.69, 9.17) is 0 Å². The Morgan fingerprint density at radius 3 is 2.37 bits per heavy atom. The number of hydrogen-bond donors (Lipinski definition) is 1. The van der Waals surface area contributed by atoms with Crippen molar-refractivity contribution in [2.45, 2.75) is 71.4 Å². The molecule has 0 aromatic rings. The number of rotatable bonds is 5. The summed E-state index contributed by atoms with van der Waals surface area (Å²) in [5, 5.41) is 3.38. The van der Waals surface area contributed by atoms with E-state index >= 15 is 0 Å². The molecule has 1 unspecified atom stereocenters. The third-order valence-electron chi connectivity index (χ3n) is 4.85. The van der Waals surface area contributed by atoms with Gasteiger partial charge in [-0.2, -0.15) is 0 Å². The summed E-state index contributed by atoms with van der Waals surface area (Å²) in [4.78, 5) is 14.4. The summed E-state index contributed by atoms with van der Waals surface area (Å²) in [7, 11) is 0. The highest BCUT2D eigenvalue weighted by atomic mass is 16.2. The second-order valence-electron chi connectivity index (χ2n) is 6.74. The molecule has 0 spiro atoms. The molecule has 3 heteroatoms. The summed E-state index contributed by atoms with van der Waals surface area (Å²) in [6, 6.07) is 0.473. The zero-order valence-electron chi connectivity index (χ0n) is 12.8. The summed E-state index contributed by atoms with van der Waals surface area (Å²) in [5.41, 5.74) is 0. The SMILES string of the molecule is CCC1CCC(CN2CCC(NC(C)C)C2=O)CC1. The Balaban J connectivity index is 1.76. The third kappa shape index (κ3) is 3.95. The molecule has 0 aromatic carbocycles. The Morgan fingerprint density at radius 1 is 1.16 bits per heavy atom. The minimum atomic E-state index is 0.0759. The minimum absolute atomic E-state index is 0.0759. The molecule has 0 radical (unpaired) electrons. The van der Waals surface area contributed by atoms with Gasteiger partial charge in [0, 0.05) is 19.1 Å². The zero-order valence-corrected chi connectivity index (χ0v) is 12.8. The van der Waals surface area contributed by atoms with E-state index in [0.29, 0.717) is 11.9 Å². The zero-order chi connectivity index (χ0) is 13.8. The van der Waals surface area contributed by atoms with Gasteiger partial charge in [-0.05, 0) is 31.1 Å². The molecule has 1 saturated carbocycles. The highest BCUT2D eigenvalue weighted by Gasteiger charge is 2.33. The summed E-state index contributed by atoms with van der Waals surface area (Å²) < 4.78 is 0. The van der Waals surface area contributed by atoms with E-state index in [1.165, 1.54) is 32.1 Å². The van der Waals surface area contributed by atoms with Crippen LogP contribution < -0.4 is 5.32 Å². The van der Waals surface area contributed by atoms with E-state index in [1.807, 2.05) is 0 Å². The molecule has 0 aromatic heterocycles. The van der Waals surface area contributed by atoms with Gasteiger partial charge in [0.25, 0.3) is 0 Å². The average Bonchev–Trinajstić information content (AvgIpc) is 2.72. The van der Waals surface area contributed by atoms with Gasteiger partial charge in [0.15, 0.2) is 0 Å². The number of amides is 1. The van der Waals surface area contributed by atoms with Crippen LogP contribution in [0.4, 0.5) is 0 Å². The highest BCUT2D eigenvalue weighted by Crippen LogP contribution is 2.31. The monoisotopic (exact) mass is 266 g/mol. The lowest BCUT2D eigenvalue weighted by molar-refractivity contribution is -0.130. The van der Waals surface area contributed by atoms with Crippen LogP contribution in [0.2, 0.25) is 0 Å². The number of nitrogens with one attached hydrogen (secondary N) is 1. The van der Waals surface area contributed by atoms with Crippen molar-refractivity contribution in [2.75, 3.05) is 13.1 Å². The quantitative estimate of drug-likeness (QED) is 0.830. The number of nitrogens with zero attached hydrogens (tertiary/aromatic N) is 1. The molecular formula is C16H30N2O. The van der Waals surface area contributed by atoms with Gasteiger partial charge in [0.1, 0.15) is 0 Å². The fourth-order valence-electron chi connectivity index (χ4n) is 3.61. The molecule has 19 heavy (non-hydrogen) atoms. The predicted octanol–water partition coefficient (Wildman–Crippen LogP) is 2.80. The molecule has 2 fully saturated rings. The van der Waals surface area contributed by atoms with Gasteiger partial charge in [-0.25, -0.2) is 0 Å². The molecule has 1 N–H and O–H groups in total. The first kappa shape index (κ1) is 14.8. The maximum Gasteiger partial charge on any atom is 0.239 e. The maximum atomic E-state index is 12.3. The third-order valence-corrected chi connectivity index (χ3v) is 4.85. The molecule has 1 amide bonds. The molecule has 0 bridgehead atoms. The van der Waals surface area contributed by atoms with E-state index in [-0.39, 0.29) is 6.04 Å². The largest absolute Gasteiger partial charge is 0.341 e. The van der Waals surface area contributed by atoms with Gasteiger partial charge in [-0.15, -0.1) is 0 Å². The van der Waals surface area contributed by atoms with E-state index in [1.54, 1.807) is 0 Å². The second-order valence-corrected chi connectivity index (χ2v) is 6.74. The summed E-state index contributed by atoms with van der Waals surface area (Å²) in [6.45, 7) is 8.49. The van der Waals surface area contributed by atoms with Crippen molar-refractivity contribution in [3.05, 3.63) is 0 Å². The molecule has 110 valence electrons. The maximum absolute atomic E-state index is 12.3. The Labute approximate surface area is 118 Å². The molecule has 3 nitrogen and oxygen atoms in total. The first-order valence-corrected chi connectivity index (χ1v) is 8.15. The van der Waals surface area contributed by atoms with Crippen molar-refractivity contribution in [3.8, 4) is 0 Å². The Morgan fingerprint density at radius 2 is 1.79 bits per heavy atom. The fourth-order valence-corrected chi connectivity index (χ4v) is 3.61. The lowest BCUT2D eigenvalue weighted by Crippen LogP contribution is -2.42. The smallest absolute Gasteiger partial charge is 0.239 e. The molecule has 1 heterocycles. The van der Waals surface area contributed by atoms with Gasteiger partial charge < -0.3 is 10.2 Å². The summed E-state index contributed by atoms with van der Waals surface area (Å²) >= 11 is 0. The first-order valence-electron chi connectivity index (χ1n) is 8.15. The molecule has 2 rings (SSSR count). The van der Waals surface area contributed by atoms with Crippen LogP contribution >= 0.6 is 0 Å². The predicted molar refractivity (Wildman–Crippen MR) is 79.0 cm³/mol. The topological polar surface area (TPSA) is 32.3 Å². The van der Waals surface area contributed by atoms with Crippen molar-refractivity contribution in [3.63, 3.8) is 0 Å². The van der Waals surface area contributed by atoms with Crippen LogP contribution in [0.15, 0.2) is 0 Å². The van der Waals surface area contributed by atoms with Gasteiger partial charge >= 0.3 is 0 Å². The van der Waals surface area contributed by atoms with Crippen LogP contribution in [-0.4, -0.2) is 36.0 Å². The van der Waals surface area contributed by atoms with Gasteiger partial charge in [-0.1, -0.05) is 40.0 Å². The second kappa shape index (κ2) is 6.74. The number of likely N-dealkylation sites (tertiary alicyclic amines) is 1. The molecule has 2 aliphatic rings. The van der Waals surface area contributed by atoms with Crippen LogP contribution in [0.3, 0.4) is 0 Å². The van der Waals surface area contributed by atoms with Crippen molar-refractivity contribution >= 4 is 5.91 Å². The summed E-state index contributed by atoms with van der Waals surface area (Å²) in [5.74, 6) is 2.04. The number of hydrogen-bond acceptors (Lipinski definition) is 2. The first-order chi connectivity index (χ1) is 9.10. The minimum Gasteiger partial charge on any atom is -0.341 e. The molecule has 1 aliphatic heterocycles. The van der Waals surface area contributed by atoms with E-state index in [2.05, 4.69) is 31.0 Å². The van der Waals surface area contributed by atoms with Crippen molar-refractivity contribution in [1.82, 2.24) is 10.2 Å². The lowest BCUT2D eigenvalue weighted by atomic mass is 9.80. The molecule has 1 saturated heterocycles. The van der Waals surface area contributed by atoms with E-state index in [9.17, 15) is 4.79 Å². The van der Waals surface area contributed by atoms with E-state index in [0.717, 1.165) is 31.3 Å². The van der Waals surface area contributed by atoms with Crippen LogP contribution in [0.1, 0.15) is 59.3 Å². The number of carbonyl (C=O) groups is 1. The Kier molecular flexibility index (Phi) is 5.26. The van der Waals surface area contributed by atoms with Crippen molar-refractivity contribution in [1.29, 1.82) is 0 Å². The Bertz CT molecular complexity index is 295. The summed E-state index contributed by atoms with van der Waals surface area (Å²) in [6.07, 6.45) is 7.71. The van der Waals surface area contributed by atoms with Crippen molar-refractivity contribution < 1.29 is 4.79 Å². The normalized spacial score (nSPS) is 32.3. The van der Waals surface area contributed by atoms with Gasteiger partial charge in [0.05, 0.1) is 6.04 Å². The number of carbonyl (C=O) groups excluding carboxylic acids is 1. The molecule has 1 atom stereocenters. The molecule has 1 aliphatic carbocycles. The van der Waals surface area contributed by atoms with Crippen LogP contribution in [0.25, 0.3) is 0 Å². The average molecular weight is 266 g/mol. The molecular weight excluding hydrogens is 236 g/mol. The standard InChI is InChI=1S/C16H30N2O/c1-4-13-5-7-14(8-6-13)11-18-10-9-15(16(18)19)17-12(2)3/h12-15,17H,4-11H2,1-3H3. The van der Waals surface area contributed by atoms with Crippen molar-refractivity contribution in [2.24, 2.45) is 11.8 Å². The van der Waals surface area contributed by atoms with Crippen LogP contribution in [-0.2, 0) is 4.79 Å². The Hall–Kier alpha value is -0.570. The lowest BCUT2D eigenvalue weighted by Gasteiger charge is -2.31. The van der Waals surface area contributed by atoms with Crippen LogP contribution in [0.5, 0.6) is 0 Å². The van der Waals surface area contributed by atoms with Gasteiger partial charge in [-0.3, -0.25) is 4.79 Å².